The van der Waals surface area contributed by atoms with Crippen molar-refractivity contribution < 1.29 is 13.2 Å². The van der Waals surface area contributed by atoms with Crippen LogP contribution in [0.4, 0.5) is 5.69 Å². The third-order valence-electron chi connectivity index (χ3n) is 3.47. The highest BCUT2D eigenvalue weighted by Gasteiger charge is 2.29. The average molecular weight is 297 g/mol. The van der Waals surface area contributed by atoms with Crippen LogP contribution in [0.5, 0.6) is 5.75 Å². The summed E-state index contributed by atoms with van der Waals surface area (Å²) in [4.78, 5) is 1.97. The molecule has 3 N–H and O–H groups in total. The van der Waals surface area contributed by atoms with Crippen molar-refractivity contribution in [2.24, 2.45) is 5.73 Å². The number of amidine groups is 1. The van der Waals surface area contributed by atoms with E-state index in [2.05, 4.69) is 0 Å². The number of nitrogens with one attached hydrogen (secondary N) is 1. The normalized spacial score (nSPS) is 21.5. The van der Waals surface area contributed by atoms with Gasteiger partial charge in [-0.3, -0.25) is 5.41 Å². The van der Waals surface area contributed by atoms with E-state index in [1.165, 1.54) is 0 Å². The van der Waals surface area contributed by atoms with Crippen LogP contribution in [0.3, 0.4) is 0 Å². The maximum atomic E-state index is 11.7. The zero-order valence-corrected chi connectivity index (χ0v) is 12.4. The molecule has 0 bridgehead atoms. The first-order chi connectivity index (χ1) is 9.34. The summed E-state index contributed by atoms with van der Waals surface area (Å²) in [7, 11) is -1.41. The molecule has 0 saturated carbocycles. The number of hydrogen-bond acceptors (Lipinski definition) is 5. The first kappa shape index (κ1) is 14.6. The van der Waals surface area contributed by atoms with E-state index < -0.39 is 9.84 Å². The molecule has 0 aliphatic carbocycles. The molecule has 1 aliphatic rings. The lowest BCUT2D eigenvalue weighted by Crippen LogP contribution is -2.47. The van der Waals surface area contributed by atoms with Crippen molar-refractivity contribution >= 4 is 21.4 Å². The molecule has 0 amide bonds. The summed E-state index contributed by atoms with van der Waals surface area (Å²) in [6, 6.07) is 5.11. The SMILES string of the molecule is COc1ccc(C(=N)N)c(N2CCS(=O)(=O)CC2C)c1. The van der Waals surface area contributed by atoms with Crippen molar-refractivity contribution in [1.29, 1.82) is 5.41 Å². The quantitative estimate of drug-likeness (QED) is 0.629. The molecule has 2 rings (SSSR count). The number of hydrogen-bond donors (Lipinski definition) is 2. The molecule has 0 radical (unpaired) electrons. The van der Waals surface area contributed by atoms with Gasteiger partial charge in [-0.25, -0.2) is 8.42 Å². The van der Waals surface area contributed by atoms with Gasteiger partial charge in [0.2, 0.25) is 0 Å². The number of rotatable bonds is 3. The molecule has 1 fully saturated rings. The standard InChI is InChI=1S/C13H19N3O3S/c1-9-8-20(17,18)6-5-16(9)12-7-10(19-2)3-4-11(12)13(14)15/h3-4,7,9H,5-6,8H2,1-2H3,(H3,14,15). The molecule has 1 aliphatic heterocycles. The Bertz CT molecular complexity index is 628. The lowest BCUT2D eigenvalue weighted by Gasteiger charge is -2.36. The topological polar surface area (TPSA) is 96.5 Å². The van der Waals surface area contributed by atoms with E-state index in [1.54, 1.807) is 25.3 Å². The van der Waals surface area contributed by atoms with Gasteiger partial charge >= 0.3 is 0 Å². The maximum Gasteiger partial charge on any atom is 0.154 e. The van der Waals surface area contributed by atoms with E-state index in [0.717, 1.165) is 5.69 Å². The molecule has 1 atom stereocenters. The van der Waals surface area contributed by atoms with Gasteiger partial charge in [0.25, 0.3) is 0 Å². The average Bonchev–Trinajstić information content (AvgIpc) is 2.36. The molecule has 1 aromatic rings. The summed E-state index contributed by atoms with van der Waals surface area (Å²) in [5.41, 5.74) is 6.95. The van der Waals surface area contributed by atoms with Crippen LogP contribution in [0, 0.1) is 5.41 Å². The Morgan fingerprint density at radius 2 is 2.20 bits per heavy atom. The van der Waals surface area contributed by atoms with Crippen LogP contribution in [0.2, 0.25) is 0 Å². The maximum absolute atomic E-state index is 11.7. The van der Waals surface area contributed by atoms with Crippen molar-refractivity contribution in [3.05, 3.63) is 23.8 Å². The monoisotopic (exact) mass is 297 g/mol. The van der Waals surface area contributed by atoms with E-state index >= 15 is 0 Å². The van der Waals surface area contributed by atoms with Gasteiger partial charge in [0, 0.05) is 24.2 Å². The predicted molar refractivity (Wildman–Crippen MR) is 79.5 cm³/mol. The lowest BCUT2D eigenvalue weighted by atomic mass is 10.1. The minimum absolute atomic E-state index is 0.0386. The first-order valence-corrected chi connectivity index (χ1v) is 8.15. The van der Waals surface area contributed by atoms with Crippen molar-refractivity contribution in [1.82, 2.24) is 0 Å². The molecule has 20 heavy (non-hydrogen) atoms. The zero-order valence-electron chi connectivity index (χ0n) is 11.6. The first-order valence-electron chi connectivity index (χ1n) is 6.33. The van der Waals surface area contributed by atoms with Gasteiger partial charge in [-0.2, -0.15) is 0 Å². The van der Waals surface area contributed by atoms with Crippen molar-refractivity contribution in [2.45, 2.75) is 13.0 Å². The summed E-state index contributed by atoms with van der Waals surface area (Å²) in [6.07, 6.45) is 0. The molecular weight excluding hydrogens is 278 g/mol. The van der Waals surface area contributed by atoms with Crippen LogP contribution in [0.1, 0.15) is 12.5 Å². The van der Waals surface area contributed by atoms with E-state index in [4.69, 9.17) is 15.9 Å². The summed E-state index contributed by atoms with van der Waals surface area (Å²) in [5.74, 6) is 0.849. The van der Waals surface area contributed by atoms with Crippen LogP contribution in [0.25, 0.3) is 0 Å². The number of nitrogen functional groups attached to an aromatic ring is 1. The van der Waals surface area contributed by atoms with Crippen LogP contribution in [-0.4, -0.2) is 45.5 Å². The highest BCUT2D eigenvalue weighted by Crippen LogP contribution is 2.29. The third kappa shape index (κ3) is 2.87. The fourth-order valence-electron chi connectivity index (χ4n) is 2.46. The molecule has 110 valence electrons. The Hall–Kier alpha value is -1.76. The van der Waals surface area contributed by atoms with Crippen LogP contribution < -0.4 is 15.4 Å². The molecule has 1 aromatic carbocycles. The summed E-state index contributed by atoms with van der Waals surface area (Å²) >= 11 is 0. The summed E-state index contributed by atoms with van der Waals surface area (Å²) < 4.78 is 28.5. The van der Waals surface area contributed by atoms with E-state index in [1.807, 2.05) is 11.8 Å². The molecule has 7 heteroatoms. The summed E-state index contributed by atoms with van der Waals surface area (Å²) in [6.45, 7) is 2.26. The largest absolute Gasteiger partial charge is 0.497 e. The Labute approximate surface area is 119 Å². The Kier molecular flexibility index (Phi) is 3.89. The Morgan fingerprint density at radius 3 is 2.75 bits per heavy atom. The lowest BCUT2D eigenvalue weighted by molar-refractivity contribution is 0.414. The molecule has 6 nitrogen and oxygen atoms in total. The number of ether oxygens (including phenoxy) is 1. The molecule has 1 heterocycles. The van der Waals surface area contributed by atoms with Crippen molar-refractivity contribution in [2.75, 3.05) is 30.1 Å². The number of nitrogens with two attached hydrogens (primary N) is 1. The second kappa shape index (κ2) is 5.32. The van der Waals surface area contributed by atoms with Crippen molar-refractivity contribution in [3.63, 3.8) is 0 Å². The third-order valence-corrected chi connectivity index (χ3v) is 5.27. The molecule has 0 aromatic heterocycles. The van der Waals surface area contributed by atoms with Crippen LogP contribution >= 0.6 is 0 Å². The fraction of sp³-hybridized carbons (Fsp3) is 0.462. The van der Waals surface area contributed by atoms with E-state index in [-0.39, 0.29) is 23.4 Å². The second-order valence-electron chi connectivity index (χ2n) is 4.95. The van der Waals surface area contributed by atoms with Crippen molar-refractivity contribution in [3.8, 4) is 5.75 Å². The Balaban J connectivity index is 2.43. The van der Waals surface area contributed by atoms with Gasteiger partial charge in [0.15, 0.2) is 9.84 Å². The highest BCUT2D eigenvalue weighted by molar-refractivity contribution is 7.91. The number of nitrogens with zero attached hydrogens (tertiary/aromatic N) is 1. The van der Waals surface area contributed by atoms with Gasteiger partial charge in [-0.05, 0) is 19.1 Å². The fourth-order valence-corrected chi connectivity index (χ4v) is 4.02. The van der Waals surface area contributed by atoms with Gasteiger partial charge in [-0.1, -0.05) is 0 Å². The van der Waals surface area contributed by atoms with E-state index in [0.29, 0.717) is 17.9 Å². The second-order valence-corrected chi connectivity index (χ2v) is 7.18. The predicted octanol–water partition coefficient (Wildman–Crippen LogP) is 0.603. The molecule has 1 saturated heterocycles. The van der Waals surface area contributed by atoms with Gasteiger partial charge in [0.1, 0.15) is 11.6 Å². The molecule has 1 unspecified atom stereocenters. The number of anilines is 1. The Morgan fingerprint density at radius 1 is 1.50 bits per heavy atom. The van der Waals surface area contributed by atoms with Gasteiger partial charge < -0.3 is 15.4 Å². The zero-order chi connectivity index (χ0) is 14.9. The van der Waals surface area contributed by atoms with Crippen LogP contribution in [0.15, 0.2) is 18.2 Å². The van der Waals surface area contributed by atoms with Gasteiger partial charge in [0.05, 0.1) is 24.3 Å². The molecule has 0 spiro atoms. The van der Waals surface area contributed by atoms with Gasteiger partial charge in [-0.15, -0.1) is 0 Å². The summed E-state index contributed by atoms with van der Waals surface area (Å²) in [5, 5.41) is 7.66. The smallest absolute Gasteiger partial charge is 0.154 e. The highest BCUT2D eigenvalue weighted by atomic mass is 32.2. The minimum atomic E-state index is -2.98. The number of benzene rings is 1. The number of sulfone groups is 1. The minimum Gasteiger partial charge on any atom is -0.497 e. The van der Waals surface area contributed by atoms with E-state index in [9.17, 15) is 8.42 Å². The number of methoxy groups -OCH3 is 1. The van der Waals surface area contributed by atoms with Crippen LogP contribution in [-0.2, 0) is 9.84 Å². The molecular formula is C13H19N3O3S.